The van der Waals surface area contributed by atoms with Crippen LogP contribution in [0, 0.1) is 30.6 Å². The summed E-state index contributed by atoms with van der Waals surface area (Å²) in [5, 5.41) is 18.6. The molecule has 0 spiro atoms. The molecule has 0 saturated carbocycles. The monoisotopic (exact) mass is 279 g/mol. The molecule has 6 heteroatoms. The van der Waals surface area contributed by atoms with Crippen molar-refractivity contribution >= 4 is 17.7 Å². The first-order valence-corrected chi connectivity index (χ1v) is 6.88. The number of aromatic carboxylic acids is 1. The zero-order chi connectivity index (χ0) is 14.6. The van der Waals surface area contributed by atoms with Crippen LogP contribution in [0.3, 0.4) is 0 Å². The molecule has 1 aromatic heterocycles. The Bertz CT molecular complexity index is 535. The molecule has 1 N–H and O–H groups in total. The third kappa shape index (κ3) is 4.21. The summed E-state index contributed by atoms with van der Waals surface area (Å²) in [4.78, 5) is 19.5. The number of thioether (sulfide) groups is 1. The van der Waals surface area contributed by atoms with E-state index < -0.39 is 11.4 Å². The number of carbonyl (C=O) groups is 1. The van der Waals surface area contributed by atoms with Crippen LogP contribution in [-0.2, 0) is 0 Å². The number of hydrogen-bond acceptors (Lipinski definition) is 5. The second-order valence-corrected chi connectivity index (χ2v) is 6.02. The van der Waals surface area contributed by atoms with Gasteiger partial charge in [0.15, 0.2) is 0 Å². The maximum atomic E-state index is 11.2. The summed E-state index contributed by atoms with van der Waals surface area (Å²) in [5.74, 6) is 0.195. The van der Waals surface area contributed by atoms with Gasteiger partial charge in [-0.25, -0.2) is 14.8 Å². The molecule has 1 heterocycles. The number of carboxylic acids is 1. The Labute approximate surface area is 117 Å². The largest absolute Gasteiger partial charge is 0.478 e. The molecule has 0 atom stereocenters. The molecular formula is C13H17N3O2S. The van der Waals surface area contributed by atoms with E-state index in [1.165, 1.54) is 11.8 Å². The van der Waals surface area contributed by atoms with E-state index in [1.807, 2.05) is 13.8 Å². The number of rotatable bonds is 5. The molecule has 1 rings (SSSR count). The lowest BCUT2D eigenvalue weighted by molar-refractivity contribution is 0.0690. The predicted molar refractivity (Wildman–Crippen MR) is 73.2 cm³/mol. The maximum absolute atomic E-state index is 11.2. The van der Waals surface area contributed by atoms with Gasteiger partial charge in [0, 0.05) is 5.75 Å². The summed E-state index contributed by atoms with van der Waals surface area (Å²) in [6, 6.07) is 2.23. The van der Waals surface area contributed by atoms with Crippen LogP contribution in [0.1, 0.15) is 42.1 Å². The molecule has 0 amide bonds. The molecule has 0 unspecified atom stereocenters. The van der Waals surface area contributed by atoms with Crippen LogP contribution in [0.25, 0.3) is 0 Å². The van der Waals surface area contributed by atoms with Gasteiger partial charge >= 0.3 is 5.97 Å². The van der Waals surface area contributed by atoms with Crippen LogP contribution in [-0.4, -0.2) is 26.8 Å². The van der Waals surface area contributed by atoms with Crippen LogP contribution in [0.2, 0.25) is 0 Å². The molecular weight excluding hydrogens is 262 g/mol. The molecule has 0 aromatic carbocycles. The van der Waals surface area contributed by atoms with Crippen molar-refractivity contribution in [2.45, 2.75) is 39.1 Å². The summed E-state index contributed by atoms with van der Waals surface area (Å²) < 4.78 is 0. The third-order valence-electron chi connectivity index (χ3n) is 2.65. The molecule has 0 radical (unpaired) electrons. The number of carboxylic acid groups (broad SMARTS) is 1. The summed E-state index contributed by atoms with van der Waals surface area (Å²) in [6.07, 6.45) is 0.676. The van der Waals surface area contributed by atoms with Gasteiger partial charge in [0.25, 0.3) is 0 Å². The Morgan fingerprint density at radius 2 is 2.05 bits per heavy atom. The van der Waals surface area contributed by atoms with Crippen molar-refractivity contribution in [1.29, 1.82) is 5.26 Å². The Morgan fingerprint density at radius 1 is 1.42 bits per heavy atom. The van der Waals surface area contributed by atoms with Gasteiger partial charge < -0.3 is 5.11 Å². The van der Waals surface area contributed by atoms with E-state index in [1.54, 1.807) is 13.8 Å². The average Bonchev–Trinajstić information content (AvgIpc) is 2.27. The lowest BCUT2D eigenvalue weighted by Crippen LogP contribution is -2.11. The van der Waals surface area contributed by atoms with Gasteiger partial charge in [-0.3, -0.25) is 0 Å². The highest BCUT2D eigenvalue weighted by atomic mass is 32.2. The van der Waals surface area contributed by atoms with Crippen LogP contribution >= 0.6 is 11.8 Å². The van der Waals surface area contributed by atoms with Crippen molar-refractivity contribution < 1.29 is 9.90 Å². The zero-order valence-corrected chi connectivity index (χ0v) is 12.3. The molecule has 1 aromatic rings. The molecule has 0 bridgehead atoms. The van der Waals surface area contributed by atoms with Gasteiger partial charge in [-0.2, -0.15) is 5.26 Å². The Kier molecular flexibility index (Phi) is 4.90. The van der Waals surface area contributed by atoms with Crippen LogP contribution in [0.4, 0.5) is 0 Å². The van der Waals surface area contributed by atoms with Crippen molar-refractivity contribution in [2.75, 3.05) is 5.75 Å². The highest BCUT2D eigenvalue weighted by Gasteiger charge is 2.20. The number of nitrogens with zero attached hydrogens (tertiary/aromatic N) is 3. The van der Waals surface area contributed by atoms with Crippen molar-refractivity contribution in [3.05, 3.63) is 17.1 Å². The first-order valence-electron chi connectivity index (χ1n) is 5.89. The van der Waals surface area contributed by atoms with Crippen molar-refractivity contribution in [3.63, 3.8) is 0 Å². The fourth-order valence-corrected chi connectivity index (χ4v) is 2.87. The number of hydrogen-bond donors (Lipinski definition) is 1. The van der Waals surface area contributed by atoms with E-state index in [9.17, 15) is 9.90 Å². The van der Waals surface area contributed by atoms with Crippen molar-refractivity contribution in [3.8, 4) is 6.07 Å². The standard InChI is InChI=1S/C13H17N3O2S/c1-8-10(12(17)18)11(16-9(2)15-8)19-6-5-13(3,4)7-14/h5-6H2,1-4H3,(H,17,18). The molecule has 0 aliphatic heterocycles. The summed E-state index contributed by atoms with van der Waals surface area (Å²) >= 11 is 1.36. The maximum Gasteiger partial charge on any atom is 0.340 e. The lowest BCUT2D eigenvalue weighted by atomic mass is 9.93. The predicted octanol–water partition coefficient (Wildman–Crippen LogP) is 2.82. The smallest absolute Gasteiger partial charge is 0.340 e. The fourth-order valence-electron chi connectivity index (χ4n) is 1.49. The van der Waals surface area contributed by atoms with Gasteiger partial charge in [-0.15, -0.1) is 11.8 Å². The topological polar surface area (TPSA) is 86.9 Å². The molecule has 102 valence electrons. The van der Waals surface area contributed by atoms with Crippen molar-refractivity contribution in [1.82, 2.24) is 9.97 Å². The SMILES string of the molecule is Cc1nc(C)c(C(=O)O)c(SCCC(C)(C)C#N)n1. The fraction of sp³-hybridized carbons (Fsp3) is 0.538. The van der Waals surface area contributed by atoms with Gasteiger partial charge in [0.2, 0.25) is 0 Å². The highest BCUT2D eigenvalue weighted by molar-refractivity contribution is 7.99. The number of nitriles is 1. The summed E-state index contributed by atoms with van der Waals surface area (Å²) in [5.41, 5.74) is 0.223. The average molecular weight is 279 g/mol. The minimum Gasteiger partial charge on any atom is -0.478 e. The summed E-state index contributed by atoms with van der Waals surface area (Å²) in [6.45, 7) is 7.13. The van der Waals surface area contributed by atoms with Gasteiger partial charge in [0.1, 0.15) is 16.4 Å². The van der Waals surface area contributed by atoms with E-state index in [0.717, 1.165) is 0 Å². The third-order valence-corrected chi connectivity index (χ3v) is 3.63. The van der Waals surface area contributed by atoms with E-state index in [-0.39, 0.29) is 5.56 Å². The van der Waals surface area contributed by atoms with Crippen LogP contribution < -0.4 is 0 Å². The summed E-state index contributed by atoms with van der Waals surface area (Å²) in [7, 11) is 0. The normalized spacial score (nSPS) is 11.1. The van der Waals surface area contributed by atoms with E-state index >= 15 is 0 Å². The van der Waals surface area contributed by atoms with E-state index in [4.69, 9.17) is 5.26 Å². The van der Waals surface area contributed by atoms with Gasteiger partial charge in [-0.05, 0) is 34.1 Å². The van der Waals surface area contributed by atoms with Gasteiger partial charge in [0.05, 0.1) is 17.2 Å². The van der Waals surface area contributed by atoms with Gasteiger partial charge in [-0.1, -0.05) is 0 Å². The zero-order valence-electron chi connectivity index (χ0n) is 11.5. The lowest BCUT2D eigenvalue weighted by Gasteiger charge is -2.14. The number of aromatic nitrogens is 2. The molecule has 0 fully saturated rings. The van der Waals surface area contributed by atoms with Crippen molar-refractivity contribution in [2.24, 2.45) is 5.41 Å². The minimum atomic E-state index is -1.01. The second kappa shape index (κ2) is 6.02. The molecule has 0 aliphatic carbocycles. The number of aryl methyl sites for hydroxylation is 2. The Balaban J connectivity index is 2.90. The first kappa shape index (κ1) is 15.4. The molecule has 5 nitrogen and oxygen atoms in total. The molecule has 0 saturated heterocycles. The Hall–Kier alpha value is -1.61. The van der Waals surface area contributed by atoms with E-state index in [2.05, 4.69) is 16.0 Å². The quantitative estimate of drug-likeness (QED) is 0.658. The second-order valence-electron chi connectivity index (χ2n) is 4.94. The van der Waals surface area contributed by atoms with Crippen LogP contribution in [0.15, 0.2) is 5.03 Å². The van der Waals surface area contributed by atoms with E-state index in [0.29, 0.717) is 28.7 Å². The highest BCUT2D eigenvalue weighted by Crippen LogP contribution is 2.27. The minimum absolute atomic E-state index is 0.158. The van der Waals surface area contributed by atoms with Crippen LogP contribution in [0.5, 0.6) is 0 Å². The molecule has 19 heavy (non-hydrogen) atoms. The Morgan fingerprint density at radius 3 is 2.58 bits per heavy atom. The molecule has 0 aliphatic rings. The first-order chi connectivity index (χ1) is 8.76.